The van der Waals surface area contributed by atoms with Crippen LogP contribution >= 0.6 is 0 Å². The Morgan fingerprint density at radius 3 is 2.59 bits per heavy atom. The molecule has 0 aromatic carbocycles. The van der Waals surface area contributed by atoms with Gasteiger partial charge in [0, 0.05) is 18.8 Å². The maximum Gasteiger partial charge on any atom is 0.188 e. The third-order valence-corrected chi connectivity index (χ3v) is 9.63. The number of rotatable bonds is 1. The quantitative estimate of drug-likeness (QED) is 0.598. The van der Waals surface area contributed by atoms with Crippen molar-refractivity contribution in [1.82, 2.24) is 0 Å². The standard InChI is InChI=1S/C24H36O3/c1-5-16-6-7-18-20-15(2)12-17-13-24(26-10-11-27-24)9-8-22(17,3)21(20)19(25)14-23(16,18)4/h13,15-16,18,20-21H,5-12,14H2,1-4H3/t15-,16+,18?,20?,21?,22+,23-/m1/s1. The van der Waals surface area contributed by atoms with Crippen LogP contribution in [0, 0.1) is 40.4 Å². The van der Waals surface area contributed by atoms with Gasteiger partial charge in [-0.3, -0.25) is 4.79 Å². The highest BCUT2D eigenvalue weighted by Gasteiger charge is 2.64. The SMILES string of the molecule is CC[C@H]1CCC2C3C(C(=O)C[C@@]21C)[C@@]1(C)CCC2(C=C1C[C@H]3C)OCCO2. The predicted octanol–water partition coefficient (Wildman–Crippen LogP) is 5.14. The zero-order valence-electron chi connectivity index (χ0n) is 17.6. The van der Waals surface area contributed by atoms with Crippen LogP contribution in [0.15, 0.2) is 11.6 Å². The van der Waals surface area contributed by atoms with E-state index in [2.05, 4.69) is 33.8 Å². The van der Waals surface area contributed by atoms with Gasteiger partial charge in [0.25, 0.3) is 0 Å². The monoisotopic (exact) mass is 372 g/mol. The highest BCUT2D eigenvalue weighted by atomic mass is 16.7. The van der Waals surface area contributed by atoms with Gasteiger partial charge >= 0.3 is 0 Å². The zero-order chi connectivity index (χ0) is 19.0. The van der Waals surface area contributed by atoms with Crippen LogP contribution in [0.2, 0.25) is 0 Å². The van der Waals surface area contributed by atoms with Crippen molar-refractivity contribution < 1.29 is 14.3 Å². The van der Waals surface area contributed by atoms with E-state index in [1.165, 1.54) is 24.8 Å². The van der Waals surface area contributed by atoms with E-state index in [0.717, 1.165) is 37.5 Å². The lowest BCUT2D eigenvalue weighted by atomic mass is 9.44. The van der Waals surface area contributed by atoms with E-state index in [4.69, 9.17) is 9.47 Å². The molecule has 27 heavy (non-hydrogen) atoms. The van der Waals surface area contributed by atoms with Crippen LogP contribution < -0.4 is 0 Å². The van der Waals surface area contributed by atoms with E-state index in [-0.39, 0.29) is 16.7 Å². The van der Waals surface area contributed by atoms with Gasteiger partial charge in [0.05, 0.1) is 13.2 Å². The Morgan fingerprint density at radius 2 is 1.89 bits per heavy atom. The largest absolute Gasteiger partial charge is 0.344 e. The van der Waals surface area contributed by atoms with Crippen LogP contribution in [0.3, 0.4) is 0 Å². The third kappa shape index (κ3) is 2.37. The Balaban J connectivity index is 1.55. The van der Waals surface area contributed by atoms with Crippen LogP contribution in [0.4, 0.5) is 0 Å². The molecular formula is C24H36O3. The van der Waals surface area contributed by atoms with Crippen molar-refractivity contribution >= 4 is 5.78 Å². The number of Topliss-reactive ketones (excluding diaryl/α,β-unsaturated/α-hetero) is 1. The molecule has 7 atom stereocenters. The summed E-state index contributed by atoms with van der Waals surface area (Å²) in [7, 11) is 0. The number of carbonyl (C=O) groups excluding carboxylic acids is 1. The highest BCUT2D eigenvalue weighted by molar-refractivity contribution is 5.85. The first-order valence-corrected chi connectivity index (χ1v) is 11.4. The maximum atomic E-state index is 13.7. The molecule has 1 aliphatic heterocycles. The molecule has 0 amide bonds. The van der Waals surface area contributed by atoms with Gasteiger partial charge in [-0.05, 0) is 66.3 Å². The summed E-state index contributed by atoms with van der Waals surface area (Å²) >= 11 is 0. The van der Waals surface area contributed by atoms with E-state index in [9.17, 15) is 4.79 Å². The van der Waals surface area contributed by atoms with Crippen molar-refractivity contribution in [3.8, 4) is 0 Å². The van der Waals surface area contributed by atoms with Crippen LogP contribution in [-0.2, 0) is 14.3 Å². The lowest BCUT2D eigenvalue weighted by molar-refractivity contribution is -0.161. The fourth-order valence-corrected chi connectivity index (χ4v) is 8.28. The molecule has 4 fully saturated rings. The number of ketones is 1. The van der Waals surface area contributed by atoms with Gasteiger partial charge in [0.2, 0.25) is 0 Å². The van der Waals surface area contributed by atoms with Crippen LogP contribution in [-0.4, -0.2) is 24.8 Å². The smallest absolute Gasteiger partial charge is 0.188 e. The number of allylic oxidation sites excluding steroid dienone is 1. The molecule has 5 aliphatic rings. The van der Waals surface area contributed by atoms with E-state index in [1.54, 1.807) is 0 Å². The van der Waals surface area contributed by atoms with Gasteiger partial charge in [-0.25, -0.2) is 0 Å². The normalized spacial score (nSPS) is 50.9. The molecule has 1 saturated heterocycles. The minimum Gasteiger partial charge on any atom is -0.344 e. The van der Waals surface area contributed by atoms with Crippen molar-refractivity contribution in [1.29, 1.82) is 0 Å². The second kappa shape index (κ2) is 5.92. The van der Waals surface area contributed by atoms with Crippen molar-refractivity contribution in [2.24, 2.45) is 40.4 Å². The molecule has 3 nitrogen and oxygen atoms in total. The second-order valence-corrected chi connectivity index (χ2v) is 10.8. The summed E-state index contributed by atoms with van der Waals surface area (Å²) in [5, 5.41) is 0. The summed E-state index contributed by atoms with van der Waals surface area (Å²) < 4.78 is 12.0. The molecule has 3 saturated carbocycles. The van der Waals surface area contributed by atoms with Crippen molar-refractivity contribution in [3.05, 3.63) is 11.6 Å². The molecule has 150 valence electrons. The van der Waals surface area contributed by atoms with Crippen molar-refractivity contribution in [2.45, 2.75) is 78.4 Å². The first kappa shape index (κ1) is 18.4. The van der Waals surface area contributed by atoms with Gasteiger partial charge in [0.15, 0.2) is 5.79 Å². The van der Waals surface area contributed by atoms with Gasteiger partial charge < -0.3 is 9.47 Å². The predicted molar refractivity (Wildman–Crippen MR) is 105 cm³/mol. The Labute approximate surface area is 164 Å². The number of fused-ring (bicyclic) bond motifs is 5. The Hall–Kier alpha value is -0.670. The van der Waals surface area contributed by atoms with E-state index in [1.807, 2.05) is 0 Å². The fraction of sp³-hybridized carbons (Fsp3) is 0.875. The van der Waals surface area contributed by atoms with Crippen LogP contribution in [0.25, 0.3) is 0 Å². The van der Waals surface area contributed by atoms with Gasteiger partial charge in [-0.2, -0.15) is 0 Å². The molecule has 5 rings (SSSR count). The first-order valence-electron chi connectivity index (χ1n) is 11.4. The lowest BCUT2D eigenvalue weighted by Crippen LogP contribution is -2.58. The molecular weight excluding hydrogens is 336 g/mol. The van der Waals surface area contributed by atoms with Gasteiger partial charge in [-0.15, -0.1) is 0 Å². The average Bonchev–Trinajstić information content (AvgIpc) is 3.20. The van der Waals surface area contributed by atoms with Crippen molar-refractivity contribution in [2.75, 3.05) is 13.2 Å². The highest BCUT2D eigenvalue weighted by Crippen LogP contribution is 2.67. The Morgan fingerprint density at radius 1 is 1.15 bits per heavy atom. The summed E-state index contributed by atoms with van der Waals surface area (Å²) in [4.78, 5) is 13.7. The summed E-state index contributed by atoms with van der Waals surface area (Å²) in [5.74, 6) is 2.88. The van der Waals surface area contributed by atoms with Gasteiger partial charge in [-0.1, -0.05) is 39.7 Å². The summed E-state index contributed by atoms with van der Waals surface area (Å²) in [5.41, 5.74) is 1.71. The zero-order valence-corrected chi connectivity index (χ0v) is 17.6. The van der Waals surface area contributed by atoms with Crippen LogP contribution in [0.5, 0.6) is 0 Å². The summed E-state index contributed by atoms with van der Waals surface area (Å²) in [6, 6.07) is 0. The average molecular weight is 373 g/mol. The molecule has 4 aliphatic carbocycles. The topological polar surface area (TPSA) is 35.5 Å². The number of hydrogen-bond donors (Lipinski definition) is 0. The summed E-state index contributed by atoms with van der Waals surface area (Å²) in [6.45, 7) is 11.0. The first-order chi connectivity index (χ1) is 12.8. The molecule has 0 aromatic rings. The minimum absolute atomic E-state index is 0.0143. The number of carbonyl (C=O) groups is 1. The van der Waals surface area contributed by atoms with E-state index < -0.39 is 5.79 Å². The molecule has 0 aromatic heterocycles. The Bertz CT molecular complexity index is 675. The van der Waals surface area contributed by atoms with Crippen LogP contribution in [0.1, 0.15) is 72.6 Å². The van der Waals surface area contributed by atoms with Gasteiger partial charge in [0.1, 0.15) is 5.78 Å². The van der Waals surface area contributed by atoms with Crippen molar-refractivity contribution in [3.63, 3.8) is 0 Å². The molecule has 1 spiro atoms. The van der Waals surface area contributed by atoms with E-state index in [0.29, 0.717) is 30.8 Å². The maximum absolute atomic E-state index is 13.7. The number of hydrogen-bond acceptors (Lipinski definition) is 3. The minimum atomic E-state index is -0.492. The lowest BCUT2D eigenvalue weighted by Gasteiger charge is -2.60. The molecule has 0 bridgehead atoms. The molecule has 3 heteroatoms. The second-order valence-electron chi connectivity index (χ2n) is 10.8. The molecule has 0 N–H and O–H groups in total. The fourth-order valence-electron chi connectivity index (χ4n) is 8.28. The summed E-state index contributed by atoms with van der Waals surface area (Å²) in [6.07, 6.45) is 10.0. The Kier molecular flexibility index (Phi) is 4.03. The molecule has 1 heterocycles. The molecule has 0 radical (unpaired) electrons. The number of ether oxygens (including phenoxy) is 2. The third-order valence-electron chi connectivity index (χ3n) is 9.63. The molecule has 3 unspecified atom stereocenters. The van der Waals surface area contributed by atoms with E-state index >= 15 is 0 Å².